The first-order valence-corrected chi connectivity index (χ1v) is 7.41. The maximum absolute atomic E-state index is 11.7. The van der Waals surface area contributed by atoms with Gasteiger partial charge in [-0.3, -0.25) is 5.10 Å². The zero-order chi connectivity index (χ0) is 15.2. The molecule has 0 aliphatic carbocycles. The topological polar surface area (TPSA) is 91.9 Å². The molecular formula is C15H19N5O2. The number of carbonyl (C=O) groups excluding carboxylic acids is 1. The van der Waals surface area contributed by atoms with Gasteiger partial charge in [0.05, 0.1) is 12.6 Å². The summed E-state index contributed by atoms with van der Waals surface area (Å²) in [6.07, 6.45) is 2.21. The molecule has 0 spiro atoms. The summed E-state index contributed by atoms with van der Waals surface area (Å²) in [5, 5.41) is 12.5. The molecule has 3 N–H and O–H groups in total. The second-order valence-corrected chi connectivity index (χ2v) is 5.17. The fraction of sp³-hybridized carbons (Fsp3) is 0.400. The van der Waals surface area contributed by atoms with Crippen molar-refractivity contribution in [3.8, 4) is 11.4 Å². The van der Waals surface area contributed by atoms with Gasteiger partial charge in [-0.2, -0.15) is 5.10 Å². The molecule has 7 nitrogen and oxygen atoms in total. The van der Waals surface area contributed by atoms with E-state index >= 15 is 0 Å². The Morgan fingerprint density at radius 1 is 1.32 bits per heavy atom. The standard InChI is InChI=1S/C15H19N5O2/c21-15(16-9-12-7-4-8-22-12)17-10-13-18-14(20-19-13)11-5-2-1-3-6-11/h1-3,5-6,12H,4,7-10H2,(H2,16,17,21)(H,18,19,20)/t12-/m1/s1. The van der Waals surface area contributed by atoms with Crippen LogP contribution in [-0.4, -0.2) is 40.5 Å². The Kier molecular flexibility index (Phi) is 4.65. The predicted molar refractivity (Wildman–Crippen MR) is 81.0 cm³/mol. The molecule has 116 valence electrons. The zero-order valence-electron chi connectivity index (χ0n) is 12.2. The first-order valence-electron chi connectivity index (χ1n) is 7.41. The molecule has 0 bridgehead atoms. The smallest absolute Gasteiger partial charge is 0.315 e. The Morgan fingerprint density at radius 2 is 2.18 bits per heavy atom. The molecule has 0 saturated carbocycles. The van der Waals surface area contributed by atoms with Gasteiger partial charge < -0.3 is 15.4 Å². The van der Waals surface area contributed by atoms with Crippen LogP contribution in [0.2, 0.25) is 0 Å². The van der Waals surface area contributed by atoms with Crippen molar-refractivity contribution in [3.05, 3.63) is 36.2 Å². The van der Waals surface area contributed by atoms with E-state index in [0.717, 1.165) is 25.0 Å². The third kappa shape index (κ3) is 3.82. The van der Waals surface area contributed by atoms with Gasteiger partial charge in [0.15, 0.2) is 5.82 Å². The lowest BCUT2D eigenvalue weighted by molar-refractivity contribution is 0.111. The number of benzene rings is 1. The molecule has 1 atom stereocenters. The number of ether oxygens (including phenoxy) is 1. The molecule has 7 heteroatoms. The normalized spacial score (nSPS) is 17.4. The van der Waals surface area contributed by atoms with Gasteiger partial charge >= 0.3 is 6.03 Å². The summed E-state index contributed by atoms with van der Waals surface area (Å²) in [6, 6.07) is 9.46. The van der Waals surface area contributed by atoms with E-state index in [2.05, 4.69) is 25.8 Å². The Hall–Kier alpha value is -2.41. The van der Waals surface area contributed by atoms with Crippen molar-refractivity contribution in [2.75, 3.05) is 13.2 Å². The predicted octanol–water partition coefficient (Wildman–Crippen LogP) is 1.45. The molecule has 2 aromatic rings. The maximum atomic E-state index is 11.7. The molecule has 0 radical (unpaired) electrons. The fourth-order valence-electron chi connectivity index (χ4n) is 2.33. The zero-order valence-corrected chi connectivity index (χ0v) is 12.2. The van der Waals surface area contributed by atoms with E-state index in [1.807, 2.05) is 30.3 Å². The second-order valence-electron chi connectivity index (χ2n) is 5.17. The first kappa shape index (κ1) is 14.5. The van der Waals surface area contributed by atoms with Gasteiger partial charge in [-0.05, 0) is 12.8 Å². The van der Waals surface area contributed by atoms with Crippen LogP contribution in [0, 0.1) is 0 Å². The number of hydrogen-bond acceptors (Lipinski definition) is 4. The number of nitrogens with zero attached hydrogens (tertiary/aromatic N) is 2. The van der Waals surface area contributed by atoms with Crippen LogP contribution >= 0.6 is 0 Å². The van der Waals surface area contributed by atoms with Crippen molar-refractivity contribution in [2.24, 2.45) is 0 Å². The minimum absolute atomic E-state index is 0.140. The Bertz CT molecular complexity index is 607. The van der Waals surface area contributed by atoms with Crippen molar-refractivity contribution in [1.82, 2.24) is 25.8 Å². The highest BCUT2D eigenvalue weighted by molar-refractivity contribution is 5.73. The average molecular weight is 301 g/mol. The summed E-state index contributed by atoms with van der Waals surface area (Å²) in [4.78, 5) is 16.1. The van der Waals surface area contributed by atoms with Gasteiger partial charge in [0.25, 0.3) is 0 Å². The van der Waals surface area contributed by atoms with Crippen molar-refractivity contribution in [2.45, 2.75) is 25.5 Å². The molecular weight excluding hydrogens is 282 g/mol. The highest BCUT2D eigenvalue weighted by Gasteiger charge is 2.16. The summed E-state index contributed by atoms with van der Waals surface area (Å²) in [5.74, 6) is 1.24. The van der Waals surface area contributed by atoms with E-state index in [1.165, 1.54) is 0 Å². The minimum Gasteiger partial charge on any atom is -0.376 e. The first-order chi connectivity index (χ1) is 10.8. The van der Waals surface area contributed by atoms with E-state index in [9.17, 15) is 4.79 Å². The molecule has 1 saturated heterocycles. The molecule has 2 heterocycles. The average Bonchev–Trinajstić information content (AvgIpc) is 3.23. The Balaban J connectivity index is 1.45. The molecule has 3 rings (SSSR count). The molecule has 1 aromatic carbocycles. The van der Waals surface area contributed by atoms with E-state index < -0.39 is 0 Å². The molecule has 2 amide bonds. The van der Waals surface area contributed by atoms with Crippen LogP contribution in [0.5, 0.6) is 0 Å². The van der Waals surface area contributed by atoms with Gasteiger partial charge in [0, 0.05) is 18.7 Å². The van der Waals surface area contributed by atoms with E-state index in [-0.39, 0.29) is 12.1 Å². The fourth-order valence-corrected chi connectivity index (χ4v) is 2.33. The summed E-state index contributed by atoms with van der Waals surface area (Å²) >= 11 is 0. The van der Waals surface area contributed by atoms with Crippen LogP contribution in [0.15, 0.2) is 30.3 Å². The molecule has 0 unspecified atom stereocenters. The van der Waals surface area contributed by atoms with E-state index in [4.69, 9.17) is 4.74 Å². The number of aromatic amines is 1. The van der Waals surface area contributed by atoms with Crippen molar-refractivity contribution < 1.29 is 9.53 Å². The van der Waals surface area contributed by atoms with E-state index in [1.54, 1.807) is 0 Å². The third-order valence-corrected chi connectivity index (χ3v) is 3.49. The summed E-state index contributed by atoms with van der Waals surface area (Å²) < 4.78 is 5.45. The SMILES string of the molecule is O=C(NCc1nc(-c2ccccc2)n[nH]1)NC[C@H]1CCCO1. The summed E-state index contributed by atoms with van der Waals surface area (Å²) in [6.45, 7) is 1.63. The van der Waals surface area contributed by atoms with Crippen LogP contribution in [0.25, 0.3) is 11.4 Å². The number of amides is 2. The maximum Gasteiger partial charge on any atom is 0.315 e. The number of urea groups is 1. The molecule has 1 fully saturated rings. The quantitative estimate of drug-likeness (QED) is 0.779. The summed E-state index contributed by atoms with van der Waals surface area (Å²) in [5.41, 5.74) is 0.938. The Labute approximate surface area is 128 Å². The van der Waals surface area contributed by atoms with Crippen LogP contribution < -0.4 is 10.6 Å². The van der Waals surface area contributed by atoms with Crippen molar-refractivity contribution in [3.63, 3.8) is 0 Å². The van der Waals surface area contributed by atoms with Crippen molar-refractivity contribution in [1.29, 1.82) is 0 Å². The lowest BCUT2D eigenvalue weighted by Gasteiger charge is -2.10. The number of rotatable bonds is 5. The molecule has 1 aromatic heterocycles. The lowest BCUT2D eigenvalue weighted by Crippen LogP contribution is -2.39. The van der Waals surface area contributed by atoms with Crippen LogP contribution in [0.4, 0.5) is 4.79 Å². The lowest BCUT2D eigenvalue weighted by atomic mass is 10.2. The highest BCUT2D eigenvalue weighted by atomic mass is 16.5. The van der Waals surface area contributed by atoms with Gasteiger partial charge in [-0.15, -0.1) is 0 Å². The number of aromatic nitrogens is 3. The largest absolute Gasteiger partial charge is 0.376 e. The van der Waals surface area contributed by atoms with E-state index in [0.29, 0.717) is 24.7 Å². The van der Waals surface area contributed by atoms with Gasteiger partial charge in [-0.25, -0.2) is 9.78 Å². The Morgan fingerprint density at radius 3 is 2.95 bits per heavy atom. The highest BCUT2D eigenvalue weighted by Crippen LogP contribution is 2.13. The molecule has 22 heavy (non-hydrogen) atoms. The van der Waals surface area contributed by atoms with Crippen LogP contribution in [-0.2, 0) is 11.3 Å². The van der Waals surface area contributed by atoms with Crippen molar-refractivity contribution >= 4 is 6.03 Å². The monoisotopic (exact) mass is 301 g/mol. The number of nitrogens with one attached hydrogen (secondary N) is 3. The molecule has 1 aliphatic rings. The number of hydrogen-bond donors (Lipinski definition) is 3. The molecule has 1 aliphatic heterocycles. The number of carbonyl (C=O) groups is 1. The van der Waals surface area contributed by atoms with Gasteiger partial charge in [0.2, 0.25) is 0 Å². The number of H-pyrrole nitrogens is 1. The second kappa shape index (κ2) is 7.04. The summed E-state index contributed by atoms with van der Waals surface area (Å²) in [7, 11) is 0. The van der Waals surface area contributed by atoms with Crippen LogP contribution in [0.3, 0.4) is 0 Å². The third-order valence-electron chi connectivity index (χ3n) is 3.49. The van der Waals surface area contributed by atoms with Crippen LogP contribution in [0.1, 0.15) is 18.7 Å². The van der Waals surface area contributed by atoms with Gasteiger partial charge in [0.1, 0.15) is 5.82 Å². The minimum atomic E-state index is -0.229. The van der Waals surface area contributed by atoms with Gasteiger partial charge in [-0.1, -0.05) is 30.3 Å².